The van der Waals surface area contributed by atoms with Gasteiger partial charge in [0.15, 0.2) is 11.4 Å². The van der Waals surface area contributed by atoms with E-state index in [1.54, 1.807) is 0 Å². The first-order chi connectivity index (χ1) is 38.6. The van der Waals surface area contributed by atoms with E-state index in [9.17, 15) is 56.8 Å². The van der Waals surface area contributed by atoms with Crippen molar-refractivity contribution in [3.8, 4) is 23.9 Å². The number of aromatic carboxylic acids is 1. The van der Waals surface area contributed by atoms with Gasteiger partial charge >= 0.3 is 11.9 Å². The van der Waals surface area contributed by atoms with Crippen molar-refractivity contribution >= 4 is 66.1 Å². The smallest absolute Gasteiger partial charge is 0.337 e. The molecular weight excluding hydrogens is 1080 g/mol. The quantitative estimate of drug-likeness (QED) is 0.0278. The molecule has 2 unspecified atom stereocenters. The normalized spacial score (nSPS) is 12.2. The van der Waals surface area contributed by atoms with Crippen LogP contribution in [0, 0.1) is 48.3 Å². The summed E-state index contributed by atoms with van der Waals surface area (Å²) >= 11 is 0. The Hall–Kier alpha value is -9.00. The molecule has 0 amide bonds. The second kappa shape index (κ2) is 28.8. The number of carbonyl (C=O) groups is 2. The van der Waals surface area contributed by atoms with E-state index >= 15 is 0 Å². The number of carbonyl (C=O) groups excluding carboxylic acids is 1. The molecule has 0 saturated heterocycles. The van der Waals surface area contributed by atoms with Crippen molar-refractivity contribution in [1.29, 1.82) is 10.5 Å². The number of methoxy groups -OCH3 is 1. The number of hydrogen-bond acceptors (Lipinski definition) is 17. The van der Waals surface area contributed by atoms with Crippen molar-refractivity contribution in [2.24, 2.45) is 32.3 Å². The van der Waals surface area contributed by atoms with Crippen molar-refractivity contribution in [1.82, 2.24) is 9.13 Å². The topological polar surface area (TPSA) is 337 Å². The van der Waals surface area contributed by atoms with Crippen LogP contribution in [0.1, 0.15) is 122 Å². The zero-order valence-electron chi connectivity index (χ0n) is 45.9. The van der Waals surface area contributed by atoms with Crippen LogP contribution in [-0.4, -0.2) is 60.3 Å². The van der Waals surface area contributed by atoms with Crippen LogP contribution in [0.2, 0.25) is 0 Å². The molecule has 426 valence electrons. The predicted molar refractivity (Wildman–Crippen MR) is 304 cm³/mol. The number of pyridine rings is 2. The molecule has 24 heteroatoms. The van der Waals surface area contributed by atoms with Gasteiger partial charge in [-0.1, -0.05) is 66.2 Å². The van der Waals surface area contributed by atoms with E-state index in [1.807, 2.05) is 26.0 Å². The number of unbranched alkanes of at least 4 members (excludes halogenated alkanes) is 2. The van der Waals surface area contributed by atoms with Crippen LogP contribution in [-0.2, 0) is 37.9 Å². The van der Waals surface area contributed by atoms with Crippen molar-refractivity contribution in [3.05, 3.63) is 151 Å². The summed E-state index contributed by atoms with van der Waals surface area (Å²) in [5, 5.41) is 65.9. The minimum absolute atomic E-state index is 0.0249. The number of ether oxygens (including phenoxy) is 1. The Morgan fingerprint density at radius 1 is 0.593 bits per heavy atom. The highest BCUT2D eigenvalue weighted by molar-refractivity contribution is 7.93. The summed E-state index contributed by atoms with van der Waals surface area (Å²) in [5.41, 5.74) is 0.330. The standard InChI is InChI=1S/C29H33N5O6S.C28H31N5O6S/c1-5-7-8-20(6-2)18-34-27(35)25(17-30)19(3)26(28(34)36)32-31-22-13-15-24(16-14-22)41(38,39)33-23-11-9-21(10-12-23)29(37)40-4;1-4-6-7-19(5-2)17-33-26(34)24(16-29)18(3)25(27(33)35)31-30-21-12-14-23(15-13-21)40(38,39)32-22-10-8-20(9-11-22)28(36)37/h9-16,20,33,35H,5-8,18H2,1-4H3;8-15,19,32,34H,4-7,17H2,1-3H3,(H,36,37). The number of nitriles is 2. The van der Waals surface area contributed by atoms with Gasteiger partial charge in [0.2, 0.25) is 11.8 Å². The number of benzene rings is 4. The monoisotopic (exact) mass is 1140 g/mol. The van der Waals surface area contributed by atoms with E-state index in [0.29, 0.717) is 0 Å². The number of carboxylic acids is 1. The molecule has 0 aliphatic rings. The van der Waals surface area contributed by atoms with Gasteiger partial charge in [-0.3, -0.25) is 28.2 Å². The lowest BCUT2D eigenvalue weighted by molar-refractivity contribution is 0.0599. The van der Waals surface area contributed by atoms with Crippen molar-refractivity contribution < 1.29 is 46.5 Å². The van der Waals surface area contributed by atoms with Gasteiger partial charge in [-0.15, -0.1) is 10.2 Å². The highest BCUT2D eigenvalue weighted by Crippen LogP contribution is 2.31. The van der Waals surface area contributed by atoms with E-state index in [-0.39, 0.29) is 108 Å². The molecule has 6 rings (SSSR count). The van der Waals surface area contributed by atoms with Gasteiger partial charge in [0.05, 0.1) is 39.4 Å². The van der Waals surface area contributed by atoms with Crippen molar-refractivity contribution in [3.63, 3.8) is 0 Å². The maximum Gasteiger partial charge on any atom is 0.337 e. The summed E-state index contributed by atoms with van der Waals surface area (Å²) in [5.74, 6) is -2.15. The van der Waals surface area contributed by atoms with E-state index in [4.69, 9.17) is 5.11 Å². The third-order valence-corrected chi connectivity index (χ3v) is 16.1. The van der Waals surface area contributed by atoms with E-state index in [2.05, 4.69) is 48.5 Å². The van der Waals surface area contributed by atoms with Crippen LogP contribution in [0.4, 0.5) is 34.1 Å². The summed E-state index contributed by atoms with van der Waals surface area (Å²) < 4.78 is 62.9. The van der Waals surface area contributed by atoms with Crippen LogP contribution >= 0.6 is 0 Å². The second-order valence-corrected chi connectivity index (χ2v) is 22.1. The Labute approximate surface area is 469 Å². The second-order valence-electron chi connectivity index (χ2n) is 18.8. The zero-order chi connectivity index (χ0) is 59.6. The number of esters is 1. The first-order valence-electron chi connectivity index (χ1n) is 25.9. The van der Waals surface area contributed by atoms with Crippen LogP contribution < -0.4 is 20.6 Å². The highest BCUT2D eigenvalue weighted by atomic mass is 32.2. The highest BCUT2D eigenvalue weighted by Gasteiger charge is 2.24. The molecule has 2 heterocycles. The van der Waals surface area contributed by atoms with Crippen LogP contribution in [0.15, 0.2) is 137 Å². The zero-order valence-corrected chi connectivity index (χ0v) is 47.5. The van der Waals surface area contributed by atoms with Gasteiger partial charge in [-0.05, 0) is 136 Å². The van der Waals surface area contributed by atoms with E-state index in [1.165, 1.54) is 127 Å². The van der Waals surface area contributed by atoms with Gasteiger partial charge in [0.1, 0.15) is 23.3 Å². The van der Waals surface area contributed by atoms with Crippen molar-refractivity contribution in [2.75, 3.05) is 16.6 Å². The summed E-state index contributed by atoms with van der Waals surface area (Å²) in [7, 11) is -6.66. The third kappa shape index (κ3) is 16.1. The molecule has 2 aromatic heterocycles. The van der Waals surface area contributed by atoms with Gasteiger partial charge in [-0.2, -0.15) is 20.8 Å². The minimum atomic E-state index is -3.97. The molecule has 0 aliphatic carbocycles. The summed E-state index contributed by atoms with van der Waals surface area (Å²) in [6, 6.07) is 25.9. The Bertz CT molecular complexity index is 3720. The molecule has 0 bridgehead atoms. The number of rotatable bonds is 24. The van der Waals surface area contributed by atoms with Gasteiger partial charge in [-0.25, -0.2) is 26.4 Å². The fourth-order valence-corrected chi connectivity index (χ4v) is 10.4. The lowest BCUT2D eigenvalue weighted by Crippen LogP contribution is -2.25. The maximum absolute atomic E-state index is 13.3. The fraction of sp³-hybridized carbons (Fsp3) is 0.333. The summed E-state index contributed by atoms with van der Waals surface area (Å²) in [6.07, 6.45) is 7.35. The molecule has 5 N–H and O–H groups in total. The average Bonchev–Trinajstić information content (AvgIpc) is 3.51. The Morgan fingerprint density at radius 2 is 0.951 bits per heavy atom. The molecule has 0 saturated carbocycles. The van der Waals surface area contributed by atoms with Gasteiger partial charge in [0, 0.05) is 35.6 Å². The molecule has 0 fully saturated rings. The average molecular weight is 1150 g/mol. The first kappa shape index (κ1) is 62.8. The molecule has 81 heavy (non-hydrogen) atoms. The molecule has 2 atom stereocenters. The van der Waals surface area contributed by atoms with Crippen LogP contribution in [0.25, 0.3) is 0 Å². The SMILES string of the molecule is CCCCC(CC)Cn1c(O)c(C#N)c(C)c(N=Nc2ccc(S(=O)(=O)Nc3ccc(C(=O)O)cc3)cc2)c1=O.CCCCC(CC)Cn1c(O)c(C#N)c(C)c(N=Nc2ccc(S(=O)(=O)Nc3ccc(C(=O)OC)cc3)cc2)c1=O. The fourth-order valence-electron chi connectivity index (χ4n) is 8.30. The van der Waals surface area contributed by atoms with Crippen LogP contribution in [0.3, 0.4) is 0 Å². The predicted octanol–water partition coefficient (Wildman–Crippen LogP) is 11.8. The largest absolute Gasteiger partial charge is 0.493 e. The Balaban J connectivity index is 0.000000297. The lowest BCUT2D eigenvalue weighted by atomic mass is 9.99. The number of nitrogens with zero attached hydrogens (tertiary/aromatic N) is 8. The molecular formula is C57H64N10O12S2. The number of nitrogens with one attached hydrogen (secondary N) is 2. The van der Waals surface area contributed by atoms with E-state index in [0.717, 1.165) is 51.4 Å². The van der Waals surface area contributed by atoms with Gasteiger partial charge < -0.3 is 20.1 Å². The number of carboxylic acid groups (broad SMARTS) is 1. The number of aromatic hydroxyl groups is 2. The number of anilines is 2. The van der Waals surface area contributed by atoms with Gasteiger partial charge in [0.25, 0.3) is 31.2 Å². The molecule has 0 aliphatic heterocycles. The number of sulfonamides is 2. The minimum Gasteiger partial charge on any atom is -0.493 e. The number of aromatic nitrogens is 2. The maximum atomic E-state index is 13.3. The molecule has 4 aromatic carbocycles. The third-order valence-electron chi connectivity index (χ3n) is 13.3. The number of hydrogen-bond donors (Lipinski definition) is 5. The molecule has 22 nitrogen and oxygen atoms in total. The Kier molecular flexibility index (Phi) is 22.3. The summed E-state index contributed by atoms with van der Waals surface area (Å²) in [6.45, 7) is 11.7. The van der Waals surface area contributed by atoms with Crippen molar-refractivity contribution in [2.45, 2.75) is 116 Å². The first-order valence-corrected chi connectivity index (χ1v) is 28.9. The molecule has 6 aromatic rings. The summed E-state index contributed by atoms with van der Waals surface area (Å²) in [4.78, 5) is 49.0. The number of azo groups is 2. The molecule has 0 spiro atoms. The lowest BCUT2D eigenvalue weighted by Gasteiger charge is -2.19. The van der Waals surface area contributed by atoms with Crippen LogP contribution in [0.5, 0.6) is 11.8 Å². The molecule has 0 radical (unpaired) electrons. The van der Waals surface area contributed by atoms with E-state index < -0.39 is 49.0 Å². The Morgan fingerprint density at radius 3 is 1.26 bits per heavy atom.